The predicted molar refractivity (Wildman–Crippen MR) is 25.6 cm³/mol. The van der Waals surface area contributed by atoms with Crippen LogP contribution in [0, 0.1) is 0 Å². The number of hydrogen-bond donors (Lipinski definition) is 2. The molecule has 0 saturated carbocycles. The van der Waals surface area contributed by atoms with Crippen molar-refractivity contribution in [3.05, 3.63) is 0 Å². The quantitative estimate of drug-likeness (QED) is 0.408. The fourth-order valence-electron chi connectivity index (χ4n) is 0.556. The maximum absolute atomic E-state index is 10.1. The van der Waals surface area contributed by atoms with Crippen molar-refractivity contribution in [2.24, 2.45) is 5.73 Å². The van der Waals surface area contributed by atoms with Gasteiger partial charge in [0, 0.05) is 6.04 Å². The minimum Gasteiger partial charge on any atom is -0.368 e. The third kappa shape index (κ3) is 0.718. The van der Waals surface area contributed by atoms with Crippen molar-refractivity contribution in [1.29, 1.82) is 0 Å². The van der Waals surface area contributed by atoms with Gasteiger partial charge in [0.2, 0.25) is 5.91 Å². The predicted octanol–water partition coefficient (Wildman–Crippen LogP) is -1.17. The minimum atomic E-state index is -0.243. The molecule has 0 radical (unpaired) electrons. The van der Waals surface area contributed by atoms with Gasteiger partial charge in [-0.1, -0.05) is 0 Å². The van der Waals surface area contributed by atoms with Crippen LogP contribution in [0.5, 0.6) is 0 Å². The largest absolute Gasteiger partial charge is 0.368 e. The highest BCUT2D eigenvalue weighted by atomic mass is 16.1. The van der Waals surface area contributed by atoms with E-state index in [0.29, 0.717) is 6.04 Å². The van der Waals surface area contributed by atoms with E-state index in [9.17, 15) is 4.79 Å². The van der Waals surface area contributed by atoms with E-state index in [2.05, 4.69) is 5.32 Å². The molecule has 1 rings (SSSR count). The molecule has 1 aliphatic heterocycles. The lowest BCUT2D eigenvalue weighted by molar-refractivity contribution is -0.117. The number of rotatable bonds is 1. The van der Waals surface area contributed by atoms with Gasteiger partial charge in [0.05, 0.1) is 0 Å². The first-order valence-corrected chi connectivity index (χ1v) is 2.27. The Hall–Kier alpha value is -0.570. The molecule has 0 aromatic rings. The summed E-state index contributed by atoms with van der Waals surface area (Å²) in [7, 11) is 0. The molecular weight excluding hydrogens is 92.1 g/mol. The third-order valence-electron chi connectivity index (χ3n) is 1.14. The van der Waals surface area contributed by atoms with E-state index >= 15 is 0 Å². The van der Waals surface area contributed by atoms with Crippen LogP contribution in [0.15, 0.2) is 0 Å². The van der Waals surface area contributed by atoms with Gasteiger partial charge in [-0.05, 0) is 6.92 Å². The highest BCUT2D eigenvalue weighted by molar-refractivity contribution is 5.83. The zero-order chi connectivity index (χ0) is 5.44. The van der Waals surface area contributed by atoms with Crippen LogP contribution in [-0.2, 0) is 4.79 Å². The van der Waals surface area contributed by atoms with Gasteiger partial charge < -0.3 is 5.73 Å². The lowest BCUT2D eigenvalue weighted by Gasteiger charge is -1.78. The van der Waals surface area contributed by atoms with Crippen molar-refractivity contribution in [2.75, 3.05) is 0 Å². The Labute approximate surface area is 41.9 Å². The third-order valence-corrected chi connectivity index (χ3v) is 1.14. The number of nitrogens with one attached hydrogen (secondary N) is 1. The maximum Gasteiger partial charge on any atom is 0.236 e. The van der Waals surface area contributed by atoms with Gasteiger partial charge in [-0.25, -0.2) is 0 Å². The first-order valence-electron chi connectivity index (χ1n) is 2.27. The molecule has 0 spiro atoms. The molecular formula is C4H8N2O. The molecule has 1 fully saturated rings. The molecule has 40 valence electrons. The van der Waals surface area contributed by atoms with Gasteiger partial charge >= 0.3 is 0 Å². The Morgan fingerprint density at radius 2 is 2.29 bits per heavy atom. The van der Waals surface area contributed by atoms with Crippen LogP contribution in [0.4, 0.5) is 0 Å². The molecule has 3 nitrogen and oxygen atoms in total. The number of carbonyl (C=O) groups excluding carboxylic acids is 1. The smallest absolute Gasteiger partial charge is 0.236 e. The second-order valence-electron chi connectivity index (χ2n) is 1.84. The van der Waals surface area contributed by atoms with Crippen molar-refractivity contribution in [3.8, 4) is 0 Å². The van der Waals surface area contributed by atoms with E-state index in [1.165, 1.54) is 0 Å². The van der Waals surface area contributed by atoms with Crippen LogP contribution in [0.2, 0.25) is 0 Å². The van der Waals surface area contributed by atoms with Crippen LogP contribution >= 0.6 is 0 Å². The maximum atomic E-state index is 10.1. The van der Waals surface area contributed by atoms with Gasteiger partial charge in [-0.3, -0.25) is 10.1 Å². The van der Waals surface area contributed by atoms with Crippen LogP contribution in [0.25, 0.3) is 0 Å². The summed E-state index contributed by atoms with van der Waals surface area (Å²) in [4.78, 5) is 10.1. The fourth-order valence-corrected chi connectivity index (χ4v) is 0.556. The fraction of sp³-hybridized carbons (Fsp3) is 0.750. The van der Waals surface area contributed by atoms with E-state index in [0.717, 1.165) is 0 Å². The molecule has 3 N–H and O–H groups in total. The van der Waals surface area contributed by atoms with Crippen LogP contribution in [0.3, 0.4) is 0 Å². The Morgan fingerprint density at radius 3 is 2.29 bits per heavy atom. The van der Waals surface area contributed by atoms with E-state index in [4.69, 9.17) is 5.73 Å². The van der Waals surface area contributed by atoms with E-state index in [1.54, 1.807) is 0 Å². The highest BCUT2D eigenvalue weighted by Gasteiger charge is 2.36. The standard InChI is InChI=1S/C4H8N2O/c1-2-3(6-2)4(5)7/h2-3,6H,1H3,(H2,5,7)/t2-,3+/m0/s1. The average molecular weight is 100 g/mol. The molecule has 3 heteroatoms. The minimum absolute atomic E-state index is 0.0417. The summed E-state index contributed by atoms with van der Waals surface area (Å²) < 4.78 is 0. The van der Waals surface area contributed by atoms with Gasteiger partial charge in [0.25, 0.3) is 0 Å². The Bertz CT molecular complexity index is 102. The number of primary amides is 1. The molecule has 0 aromatic heterocycles. The topological polar surface area (TPSA) is 65.0 Å². The molecule has 1 saturated heterocycles. The summed E-state index contributed by atoms with van der Waals surface area (Å²) in [5.41, 5.74) is 4.89. The van der Waals surface area contributed by atoms with Crippen molar-refractivity contribution in [3.63, 3.8) is 0 Å². The van der Waals surface area contributed by atoms with Crippen molar-refractivity contribution in [2.45, 2.75) is 19.0 Å². The second kappa shape index (κ2) is 1.20. The number of hydrogen-bond acceptors (Lipinski definition) is 2. The number of carbonyl (C=O) groups is 1. The summed E-state index contributed by atoms with van der Waals surface area (Å²) >= 11 is 0. The molecule has 0 unspecified atom stereocenters. The zero-order valence-electron chi connectivity index (χ0n) is 4.14. The van der Waals surface area contributed by atoms with Crippen LogP contribution in [0.1, 0.15) is 6.92 Å². The van der Waals surface area contributed by atoms with Crippen LogP contribution < -0.4 is 11.1 Å². The summed E-state index contributed by atoms with van der Waals surface area (Å²) in [5, 5.41) is 2.86. The molecule has 0 aromatic carbocycles. The normalized spacial score (nSPS) is 37.9. The first kappa shape index (κ1) is 4.59. The molecule has 0 aliphatic carbocycles. The molecule has 0 bridgehead atoms. The molecule has 1 heterocycles. The van der Waals surface area contributed by atoms with Gasteiger partial charge in [-0.15, -0.1) is 0 Å². The van der Waals surface area contributed by atoms with Gasteiger partial charge in [0.15, 0.2) is 0 Å². The second-order valence-corrected chi connectivity index (χ2v) is 1.84. The van der Waals surface area contributed by atoms with Gasteiger partial charge in [0.1, 0.15) is 6.04 Å². The zero-order valence-corrected chi connectivity index (χ0v) is 4.14. The SMILES string of the molecule is C[C@@H]1N[C@H]1C(N)=O. The average Bonchev–Trinajstić information content (AvgIpc) is 2.17. The van der Waals surface area contributed by atoms with Gasteiger partial charge in [-0.2, -0.15) is 0 Å². The first-order chi connectivity index (χ1) is 3.22. The highest BCUT2D eigenvalue weighted by Crippen LogP contribution is 2.06. The molecule has 1 amide bonds. The molecule has 2 atom stereocenters. The number of nitrogens with two attached hydrogens (primary N) is 1. The summed E-state index contributed by atoms with van der Waals surface area (Å²) in [6, 6.07) is 0.275. The monoisotopic (exact) mass is 100 g/mol. The lowest BCUT2D eigenvalue weighted by Crippen LogP contribution is -2.20. The summed E-state index contributed by atoms with van der Waals surface area (Å²) in [6.07, 6.45) is 0. The van der Waals surface area contributed by atoms with E-state index in [-0.39, 0.29) is 11.9 Å². The molecule has 1 aliphatic rings. The van der Waals surface area contributed by atoms with Crippen molar-refractivity contribution >= 4 is 5.91 Å². The van der Waals surface area contributed by atoms with Crippen molar-refractivity contribution < 1.29 is 4.79 Å². The Morgan fingerprint density at radius 1 is 1.86 bits per heavy atom. The van der Waals surface area contributed by atoms with E-state index < -0.39 is 0 Å². The lowest BCUT2D eigenvalue weighted by atomic mass is 10.3. The van der Waals surface area contributed by atoms with E-state index in [1.807, 2.05) is 6.92 Å². The summed E-state index contributed by atoms with van der Waals surface area (Å²) in [6.45, 7) is 1.93. The van der Waals surface area contributed by atoms with Crippen LogP contribution in [-0.4, -0.2) is 18.0 Å². The summed E-state index contributed by atoms with van der Waals surface area (Å²) in [5.74, 6) is -0.243. The Balaban J connectivity index is 2.33. The Kier molecular flexibility index (Phi) is 0.785. The molecule has 7 heavy (non-hydrogen) atoms. The number of amides is 1. The van der Waals surface area contributed by atoms with Crippen molar-refractivity contribution in [1.82, 2.24) is 5.32 Å².